The second-order valence-electron chi connectivity index (χ2n) is 6.77. The number of nitrogens with zero attached hydrogens (tertiary/aromatic N) is 4. The summed E-state index contributed by atoms with van der Waals surface area (Å²) >= 11 is 6.18. The Kier molecular flexibility index (Phi) is 7.20. The van der Waals surface area contributed by atoms with Crippen molar-refractivity contribution in [1.29, 1.82) is 0 Å². The van der Waals surface area contributed by atoms with Gasteiger partial charge in [-0.3, -0.25) is 9.59 Å². The maximum atomic E-state index is 12.9. The van der Waals surface area contributed by atoms with Gasteiger partial charge in [-0.2, -0.15) is 0 Å². The second kappa shape index (κ2) is 9.16. The number of amides is 2. The first-order chi connectivity index (χ1) is 12.4. The molecule has 2 heterocycles. The van der Waals surface area contributed by atoms with Gasteiger partial charge in [0.05, 0.1) is 11.2 Å². The van der Waals surface area contributed by atoms with Crippen LogP contribution in [0.3, 0.4) is 0 Å². The number of anilines is 1. The summed E-state index contributed by atoms with van der Waals surface area (Å²) in [4.78, 5) is 37.3. The maximum absolute atomic E-state index is 12.9. The van der Waals surface area contributed by atoms with E-state index >= 15 is 0 Å². The highest BCUT2D eigenvalue weighted by molar-refractivity contribution is 6.33. The molecule has 0 aliphatic carbocycles. The lowest BCUT2D eigenvalue weighted by atomic mass is 9.95. The van der Waals surface area contributed by atoms with Crippen molar-refractivity contribution in [3.8, 4) is 0 Å². The first-order valence-corrected chi connectivity index (χ1v) is 9.62. The van der Waals surface area contributed by atoms with Crippen molar-refractivity contribution in [3.63, 3.8) is 0 Å². The largest absolute Gasteiger partial charge is 0.354 e. The molecule has 0 unspecified atom stereocenters. The average Bonchev–Trinajstić information content (AvgIpc) is 2.63. The average molecular weight is 382 g/mol. The minimum Gasteiger partial charge on any atom is -0.354 e. The van der Waals surface area contributed by atoms with E-state index in [-0.39, 0.29) is 34.5 Å². The Morgan fingerprint density at radius 3 is 2.46 bits per heavy atom. The van der Waals surface area contributed by atoms with Gasteiger partial charge in [-0.25, -0.2) is 9.97 Å². The molecule has 0 aromatic carbocycles. The highest BCUT2D eigenvalue weighted by Crippen LogP contribution is 2.23. The lowest BCUT2D eigenvalue weighted by Gasteiger charge is -2.31. The van der Waals surface area contributed by atoms with Gasteiger partial charge in [0.2, 0.25) is 11.9 Å². The van der Waals surface area contributed by atoms with Crippen LogP contribution in [0.5, 0.6) is 0 Å². The van der Waals surface area contributed by atoms with Crippen molar-refractivity contribution in [2.24, 2.45) is 5.92 Å². The fraction of sp³-hybridized carbons (Fsp3) is 0.667. The van der Waals surface area contributed by atoms with Gasteiger partial charge >= 0.3 is 0 Å². The number of nitrogens with one attached hydrogen (secondary N) is 1. The van der Waals surface area contributed by atoms with E-state index in [1.54, 1.807) is 4.90 Å². The summed E-state index contributed by atoms with van der Waals surface area (Å²) in [6, 6.07) is 0.125. The van der Waals surface area contributed by atoms with Gasteiger partial charge in [-0.1, -0.05) is 11.6 Å². The lowest BCUT2D eigenvalue weighted by molar-refractivity contribution is -0.126. The molecule has 1 saturated heterocycles. The minimum atomic E-state index is -0.200. The van der Waals surface area contributed by atoms with E-state index in [9.17, 15) is 9.59 Å². The number of rotatable bonds is 6. The Bertz CT molecular complexity index is 640. The zero-order valence-electron chi connectivity index (χ0n) is 16.0. The zero-order valence-corrected chi connectivity index (χ0v) is 16.7. The van der Waals surface area contributed by atoms with Gasteiger partial charge < -0.3 is 15.1 Å². The SMILES string of the molecule is CCN(CC)c1ncc(Cl)c(C(=O)N2CCC(C(=O)NC(C)C)CC2)n1. The summed E-state index contributed by atoms with van der Waals surface area (Å²) in [5.41, 5.74) is 0.230. The van der Waals surface area contributed by atoms with E-state index in [4.69, 9.17) is 11.6 Å². The van der Waals surface area contributed by atoms with E-state index in [2.05, 4.69) is 15.3 Å². The summed E-state index contributed by atoms with van der Waals surface area (Å²) in [5.74, 6) is 0.326. The number of hydrogen-bond donors (Lipinski definition) is 1. The molecule has 0 spiro atoms. The fourth-order valence-electron chi connectivity index (χ4n) is 3.06. The monoisotopic (exact) mass is 381 g/mol. The second-order valence-corrected chi connectivity index (χ2v) is 7.18. The number of carbonyl (C=O) groups is 2. The predicted octanol–water partition coefficient (Wildman–Crippen LogP) is 2.35. The van der Waals surface area contributed by atoms with E-state index in [0.29, 0.717) is 31.9 Å². The van der Waals surface area contributed by atoms with Crippen molar-refractivity contribution in [1.82, 2.24) is 20.2 Å². The van der Waals surface area contributed by atoms with Crippen molar-refractivity contribution in [3.05, 3.63) is 16.9 Å². The van der Waals surface area contributed by atoms with E-state index < -0.39 is 0 Å². The molecule has 1 aromatic rings. The highest BCUT2D eigenvalue weighted by Gasteiger charge is 2.29. The quantitative estimate of drug-likeness (QED) is 0.818. The van der Waals surface area contributed by atoms with Crippen LogP contribution in [0.25, 0.3) is 0 Å². The molecule has 0 radical (unpaired) electrons. The summed E-state index contributed by atoms with van der Waals surface area (Å²) in [6.07, 6.45) is 2.78. The maximum Gasteiger partial charge on any atom is 0.274 e. The molecular formula is C18H28ClN5O2. The van der Waals surface area contributed by atoms with Crippen molar-refractivity contribution < 1.29 is 9.59 Å². The van der Waals surface area contributed by atoms with Crippen LogP contribution in [-0.2, 0) is 4.79 Å². The fourth-order valence-corrected chi connectivity index (χ4v) is 3.24. The molecule has 1 aliphatic rings. The van der Waals surface area contributed by atoms with Crippen LogP contribution in [0.15, 0.2) is 6.20 Å². The molecule has 0 bridgehead atoms. The van der Waals surface area contributed by atoms with Crippen LogP contribution in [0, 0.1) is 5.92 Å². The number of carbonyl (C=O) groups excluding carboxylic acids is 2. The van der Waals surface area contributed by atoms with Gasteiger partial charge in [0.1, 0.15) is 0 Å². The van der Waals surface area contributed by atoms with Crippen molar-refractivity contribution in [2.45, 2.75) is 46.6 Å². The van der Waals surface area contributed by atoms with Crippen LogP contribution < -0.4 is 10.2 Å². The molecule has 2 amide bonds. The number of piperidine rings is 1. The lowest BCUT2D eigenvalue weighted by Crippen LogP contribution is -2.44. The Balaban J connectivity index is 2.06. The number of hydrogen-bond acceptors (Lipinski definition) is 5. The van der Waals surface area contributed by atoms with Gasteiger partial charge in [0, 0.05) is 38.1 Å². The summed E-state index contributed by atoms with van der Waals surface area (Å²) < 4.78 is 0. The van der Waals surface area contributed by atoms with Crippen LogP contribution >= 0.6 is 11.6 Å². The smallest absolute Gasteiger partial charge is 0.274 e. The van der Waals surface area contributed by atoms with Gasteiger partial charge in [0.15, 0.2) is 5.69 Å². The highest BCUT2D eigenvalue weighted by atomic mass is 35.5. The van der Waals surface area contributed by atoms with Gasteiger partial charge in [0.25, 0.3) is 5.91 Å². The molecule has 1 fully saturated rings. The van der Waals surface area contributed by atoms with Crippen LogP contribution in [0.1, 0.15) is 51.0 Å². The summed E-state index contributed by atoms with van der Waals surface area (Å²) in [7, 11) is 0. The summed E-state index contributed by atoms with van der Waals surface area (Å²) in [6.45, 7) is 10.5. The van der Waals surface area contributed by atoms with E-state index in [1.165, 1.54) is 6.20 Å². The molecular weight excluding hydrogens is 354 g/mol. The Morgan fingerprint density at radius 2 is 1.92 bits per heavy atom. The van der Waals surface area contributed by atoms with Crippen LogP contribution in [0.4, 0.5) is 5.95 Å². The van der Waals surface area contributed by atoms with Crippen LogP contribution in [0.2, 0.25) is 5.02 Å². The van der Waals surface area contributed by atoms with E-state index in [1.807, 2.05) is 32.6 Å². The Hall–Kier alpha value is -1.89. The van der Waals surface area contributed by atoms with Crippen LogP contribution in [-0.4, -0.2) is 58.9 Å². The molecule has 1 aliphatic heterocycles. The molecule has 0 saturated carbocycles. The standard InChI is InChI=1S/C18H28ClN5O2/c1-5-23(6-2)18-20-11-14(19)15(22-18)17(26)24-9-7-13(8-10-24)16(25)21-12(3)4/h11-13H,5-10H2,1-4H3,(H,21,25). The minimum absolute atomic E-state index is 0.0476. The number of aromatic nitrogens is 2. The Labute approximate surface area is 160 Å². The molecule has 2 rings (SSSR count). The molecule has 7 nitrogen and oxygen atoms in total. The third-order valence-electron chi connectivity index (χ3n) is 4.56. The first-order valence-electron chi connectivity index (χ1n) is 9.24. The molecule has 26 heavy (non-hydrogen) atoms. The third-order valence-corrected chi connectivity index (χ3v) is 4.84. The molecule has 1 aromatic heterocycles. The summed E-state index contributed by atoms with van der Waals surface area (Å²) in [5, 5.41) is 3.20. The predicted molar refractivity (Wildman–Crippen MR) is 103 cm³/mol. The number of likely N-dealkylation sites (tertiary alicyclic amines) is 1. The topological polar surface area (TPSA) is 78.4 Å². The molecule has 0 atom stereocenters. The zero-order chi connectivity index (χ0) is 19.3. The van der Waals surface area contributed by atoms with Crippen molar-refractivity contribution in [2.75, 3.05) is 31.1 Å². The van der Waals surface area contributed by atoms with Gasteiger partial charge in [-0.15, -0.1) is 0 Å². The van der Waals surface area contributed by atoms with Crippen molar-refractivity contribution >= 4 is 29.4 Å². The first kappa shape index (κ1) is 20.4. The third kappa shape index (κ3) is 4.84. The van der Waals surface area contributed by atoms with Gasteiger partial charge in [-0.05, 0) is 40.5 Å². The number of halogens is 1. The molecule has 1 N–H and O–H groups in total. The normalized spacial score (nSPS) is 15.2. The molecule has 144 valence electrons. The Morgan fingerprint density at radius 1 is 1.31 bits per heavy atom. The van der Waals surface area contributed by atoms with E-state index in [0.717, 1.165) is 13.1 Å². The molecule has 8 heteroatoms.